The third-order valence-electron chi connectivity index (χ3n) is 4.30. The quantitative estimate of drug-likeness (QED) is 0.682. The van der Waals surface area contributed by atoms with Crippen LogP contribution < -0.4 is 24.8 Å². The molecule has 2 N–H and O–H groups in total. The van der Waals surface area contributed by atoms with Gasteiger partial charge in [-0.25, -0.2) is 4.98 Å². The predicted octanol–water partition coefficient (Wildman–Crippen LogP) is 3.68. The standard InChI is InChI=1S/C21H19N3O4/c1-26-18-5-3-2-4-14(18)11-22-16-6-8-17(23-12-16)21(25)24-15-7-9-19-20(10-15)28-13-27-19/h2-10,12,22H,11,13H2,1H3,(H,24,25). The maximum atomic E-state index is 12.4. The largest absolute Gasteiger partial charge is 0.496 e. The summed E-state index contributed by atoms with van der Waals surface area (Å²) in [6.45, 7) is 0.784. The van der Waals surface area contributed by atoms with Crippen molar-refractivity contribution in [3.8, 4) is 17.2 Å². The molecule has 1 aliphatic heterocycles. The van der Waals surface area contributed by atoms with E-state index >= 15 is 0 Å². The molecule has 0 spiro atoms. The number of hydrogen-bond donors (Lipinski definition) is 2. The van der Waals surface area contributed by atoms with Gasteiger partial charge in [0.2, 0.25) is 6.79 Å². The molecule has 28 heavy (non-hydrogen) atoms. The zero-order valence-electron chi connectivity index (χ0n) is 15.3. The van der Waals surface area contributed by atoms with Gasteiger partial charge in [-0.05, 0) is 30.3 Å². The van der Waals surface area contributed by atoms with Crippen LogP contribution in [0, 0.1) is 0 Å². The second kappa shape index (κ2) is 7.87. The molecule has 142 valence electrons. The van der Waals surface area contributed by atoms with E-state index < -0.39 is 0 Å². The molecule has 2 heterocycles. The molecule has 0 aliphatic carbocycles. The molecular formula is C21H19N3O4. The van der Waals surface area contributed by atoms with Gasteiger partial charge in [-0.3, -0.25) is 4.79 Å². The Kier molecular flexibility index (Phi) is 4.97. The van der Waals surface area contributed by atoms with E-state index in [1.807, 2.05) is 30.3 Å². The Bertz CT molecular complexity index is 989. The summed E-state index contributed by atoms with van der Waals surface area (Å²) in [7, 11) is 1.65. The van der Waals surface area contributed by atoms with Crippen LogP contribution in [0.3, 0.4) is 0 Å². The van der Waals surface area contributed by atoms with Gasteiger partial charge in [0.1, 0.15) is 11.4 Å². The maximum Gasteiger partial charge on any atom is 0.274 e. The van der Waals surface area contributed by atoms with Gasteiger partial charge in [0.25, 0.3) is 5.91 Å². The molecule has 1 aromatic heterocycles. The average Bonchev–Trinajstić information content (AvgIpc) is 3.20. The van der Waals surface area contributed by atoms with Gasteiger partial charge in [-0.15, -0.1) is 0 Å². The lowest BCUT2D eigenvalue weighted by atomic mass is 10.2. The molecule has 2 aromatic carbocycles. The minimum Gasteiger partial charge on any atom is -0.496 e. The van der Waals surface area contributed by atoms with Crippen LogP contribution in [0.25, 0.3) is 0 Å². The van der Waals surface area contributed by atoms with E-state index in [0.29, 0.717) is 29.4 Å². The van der Waals surface area contributed by atoms with Crippen molar-refractivity contribution in [3.05, 3.63) is 72.1 Å². The minimum absolute atomic E-state index is 0.192. The Hall–Kier alpha value is -3.74. The molecular weight excluding hydrogens is 358 g/mol. The highest BCUT2D eigenvalue weighted by Crippen LogP contribution is 2.34. The van der Waals surface area contributed by atoms with Crippen molar-refractivity contribution in [2.24, 2.45) is 0 Å². The van der Waals surface area contributed by atoms with Crippen molar-refractivity contribution in [2.75, 3.05) is 24.5 Å². The van der Waals surface area contributed by atoms with Crippen LogP contribution in [0.1, 0.15) is 16.1 Å². The van der Waals surface area contributed by atoms with Crippen LogP contribution in [0.4, 0.5) is 11.4 Å². The number of para-hydroxylation sites is 1. The first-order valence-electron chi connectivity index (χ1n) is 8.76. The molecule has 0 saturated heterocycles. The van der Waals surface area contributed by atoms with Crippen LogP contribution in [0.15, 0.2) is 60.8 Å². The van der Waals surface area contributed by atoms with Crippen LogP contribution in [-0.2, 0) is 6.54 Å². The summed E-state index contributed by atoms with van der Waals surface area (Å²) in [5.41, 5.74) is 2.79. The average molecular weight is 377 g/mol. The van der Waals surface area contributed by atoms with Crippen molar-refractivity contribution in [1.82, 2.24) is 4.98 Å². The Morgan fingerprint density at radius 1 is 1.07 bits per heavy atom. The number of amides is 1. The van der Waals surface area contributed by atoms with E-state index in [2.05, 4.69) is 15.6 Å². The van der Waals surface area contributed by atoms with Crippen molar-refractivity contribution in [1.29, 1.82) is 0 Å². The van der Waals surface area contributed by atoms with E-state index in [9.17, 15) is 4.79 Å². The van der Waals surface area contributed by atoms with E-state index in [-0.39, 0.29) is 12.7 Å². The van der Waals surface area contributed by atoms with Crippen molar-refractivity contribution < 1.29 is 19.0 Å². The highest BCUT2D eigenvalue weighted by atomic mass is 16.7. The monoisotopic (exact) mass is 377 g/mol. The number of methoxy groups -OCH3 is 1. The highest BCUT2D eigenvalue weighted by molar-refractivity contribution is 6.03. The number of aromatic nitrogens is 1. The molecule has 7 nitrogen and oxygen atoms in total. The normalized spacial score (nSPS) is 11.8. The smallest absolute Gasteiger partial charge is 0.274 e. The second-order valence-corrected chi connectivity index (χ2v) is 6.12. The fourth-order valence-corrected chi connectivity index (χ4v) is 2.85. The topological polar surface area (TPSA) is 81.7 Å². The van der Waals surface area contributed by atoms with Crippen LogP contribution in [0.2, 0.25) is 0 Å². The van der Waals surface area contributed by atoms with Crippen LogP contribution >= 0.6 is 0 Å². The number of ether oxygens (including phenoxy) is 3. The number of hydrogen-bond acceptors (Lipinski definition) is 6. The first-order chi connectivity index (χ1) is 13.7. The van der Waals surface area contributed by atoms with Gasteiger partial charge in [-0.1, -0.05) is 18.2 Å². The van der Waals surface area contributed by atoms with E-state index in [0.717, 1.165) is 17.0 Å². The van der Waals surface area contributed by atoms with Gasteiger partial charge in [-0.2, -0.15) is 0 Å². The maximum absolute atomic E-state index is 12.4. The van der Waals surface area contributed by atoms with E-state index in [1.165, 1.54) is 0 Å². The first kappa shape index (κ1) is 17.7. The summed E-state index contributed by atoms with van der Waals surface area (Å²) in [5, 5.41) is 6.08. The fraction of sp³-hybridized carbons (Fsp3) is 0.143. The lowest BCUT2D eigenvalue weighted by Crippen LogP contribution is -2.13. The van der Waals surface area contributed by atoms with Gasteiger partial charge in [0.15, 0.2) is 11.5 Å². The zero-order chi connectivity index (χ0) is 19.3. The van der Waals surface area contributed by atoms with Gasteiger partial charge in [0, 0.05) is 23.9 Å². The Morgan fingerprint density at radius 3 is 2.71 bits per heavy atom. The minimum atomic E-state index is -0.296. The second-order valence-electron chi connectivity index (χ2n) is 6.12. The number of benzene rings is 2. The summed E-state index contributed by atoms with van der Waals surface area (Å²) < 4.78 is 15.9. The van der Waals surface area contributed by atoms with Crippen LogP contribution in [0.5, 0.6) is 17.2 Å². The number of pyridine rings is 1. The summed E-state index contributed by atoms with van der Waals surface area (Å²) in [6.07, 6.45) is 1.63. The van der Waals surface area contributed by atoms with Gasteiger partial charge >= 0.3 is 0 Å². The lowest BCUT2D eigenvalue weighted by Gasteiger charge is -2.10. The Labute approximate surface area is 162 Å². The summed E-state index contributed by atoms with van der Waals surface area (Å²) in [4.78, 5) is 16.6. The predicted molar refractivity (Wildman–Crippen MR) is 105 cm³/mol. The van der Waals surface area contributed by atoms with Gasteiger partial charge in [0.05, 0.1) is 19.0 Å². The molecule has 1 aliphatic rings. The molecule has 0 radical (unpaired) electrons. The molecule has 4 rings (SSSR count). The van der Waals surface area contributed by atoms with E-state index in [4.69, 9.17) is 14.2 Å². The fourth-order valence-electron chi connectivity index (χ4n) is 2.85. The molecule has 7 heteroatoms. The summed E-state index contributed by atoms with van der Waals surface area (Å²) in [5.74, 6) is 1.81. The molecule has 0 fully saturated rings. The lowest BCUT2D eigenvalue weighted by molar-refractivity contribution is 0.102. The van der Waals surface area contributed by atoms with E-state index in [1.54, 1.807) is 37.6 Å². The molecule has 1 amide bonds. The number of carbonyl (C=O) groups is 1. The molecule has 3 aromatic rings. The molecule has 0 saturated carbocycles. The number of nitrogens with one attached hydrogen (secondary N) is 2. The molecule has 0 atom stereocenters. The molecule has 0 unspecified atom stereocenters. The van der Waals surface area contributed by atoms with Crippen molar-refractivity contribution in [3.63, 3.8) is 0 Å². The number of fused-ring (bicyclic) bond motifs is 1. The first-order valence-corrected chi connectivity index (χ1v) is 8.76. The highest BCUT2D eigenvalue weighted by Gasteiger charge is 2.15. The van der Waals surface area contributed by atoms with Crippen LogP contribution in [-0.4, -0.2) is 24.8 Å². The molecule has 0 bridgehead atoms. The third kappa shape index (κ3) is 3.83. The van der Waals surface area contributed by atoms with Crippen molar-refractivity contribution >= 4 is 17.3 Å². The van der Waals surface area contributed by atoms with Crippen molar-refractivity contribution in [2.45, 2.75) is 6.54 Å². The summed E-state index contributed by atoms with van der Waals surface area (Å²) >= 11 is 0. The third-order valence-corrected chi connectivity index (χ3v) is 4.30. The Morgan fingerprint density at radius 2 is 1.89 bits per heavy atom. The van der Waals surface area contributed by atoms with Gasteiger partial charge < -0.3 is 24.8 Å². The number of rotatable bonds is 6. The SMILES string of the molecule is COc1ccccc1CNc1ccc(C(=O)Nc2ccc3c(c2)OCO3)nc1. The zero-order valence-corrected chi connectivity index (χ0v) is 15.3. The summed E-state index contributed by atoms with van der Waals surface area (Å²) in [6, 6.07) is 16.5. The number of anilines is 2. The number of carbonyl (C=O) groups excluding carboxylic acids is 1. The number of nitrogens with zero attached hydrogens (tertiary/aromatic N) is 1. The Balaban J connectivity index is 1.38.